The van der Waals surface area contributed by atoms with Crippen LogP contribution in [-0.4, -0.2) is 68.5 Å². The van der Waals surface area contributed by atoms with Crippen LogP contribution in [0.1, 0.15) is 55.2 Å². The van der Waals surface area contributed by atoms with Gasteiger partial charge >= 0.3 is 5.97 Å². The molecule has 10 nitrogen and oxygen atoms in total. The maximum Gasteiger partial charge on any atom is 0.357 e. The molecule has 0 aliphatic carbocycles. The number of carbonyl (C=O) groups is 1. The van der Waals surface area contributed by atoms with Gasteiger partial charge in [-0.1, -0.05) is 63.9 Å². The van der Waals surface area contributed by atoms with Gasteiger partial charge in [-0.15, -0.1) is 21.5 Å². The lowest BCUT2D eigenvalue weighted by molar-refractivity contribution is 0.0478. The lowest BCUT2D eigenvalue weighted by atomic mass is 10.0. The van der Waals surface area contributed by atoms with Gasteiger partial charge in [0.25, 0.3) is 0 Å². The molecule has 0 unspecified atom stereocenters. The van der Waals surface area contributed by atoms with Crippen LogP contribution in [-0.2, 0) is 27.1 Å². The summed E-state index contributed by atoms with van der Waals surface area (Å²) in [5.74, 6) is 0.965. The topological polar surface area (TPSA) is 104 Å². The smallest absolute Gasteiger partial charge is 0.357 e. The molecule has 0 radical (unpaired) electrons. The van der Waals surface area contributed by atoms with E-state index in [4.69, 9.17) is 18.9 Å². The number of anilines is 2. The fourth-order valence-corrected chi connectivity index (χ4v) is 8.73. The van der Waals surface area contributed by atoms with E-state index in [0.29, 0.717) is 43.0 Å². The van der Waals surface area contributed by atoms with E-state index >= 15 is 0 Å². The Morgan fingerprint density at radius 2 is 1.83 bits per heavy atom. The molecule has 4 heterocycles. The van der Waals surface area contributed by atoms with Crippen LogP contribution >= 0.6 is 22.7 Å². The Morgan fingerprint density at radius 1 is 1.06 bits per heavy atom. The van der Waals surface area contributed by atoms with Gasteiger partial charge in [-0.3, -0.25) is 4.57 Å². The molecule has 0 N–H and O–H groups in total. The van der Waals surface area contributed by atoms with E-state index in [1.807, 2.05) is 12.1 Å². The number of benzene rings is 1. The first kappa shape index (κ1) is 36.5. The fraction of sp³-hybridized carbons (Fsp3) is 0.559. The van der Waals surface area contributed by atoms with Gasteiger partial charge in [0.2, 0.25) is 0 Å². The third-order valence-corrected chi connectivity index (χ3v) is 17.3. The number of para-hydroxylation sites is 1. The van der Waals surface area contributed by atoms with Gasteiger partial charge in [-0.2, -0.15) is 4.99 Å². The zero-order valence-electron chi connectivity index (χ0n) is 29.9. The Labute approximate surface area is 294 Å². The van der Waals surface area contributed by atoms with Crippen molar-refractivity contribution < 1.29 is 18.7 Å². The first-order valence-corrected chi connectivity index (χ1v) is 25.1. The average molecular weight is 727 g/mol. The molecule has 4 aromatic rings. The molecule has 1 aliphatic heterocycles. The maximum absolute atomic E-state index is 12.8. The number of hydrogen-bond donors (Lipinski definition) is 0. The Hall–Kier alpha value is -2.76. The number of esters is 1. The SMILES string of the molecule is Cc1c(N=c2sc3ccccc3n2COCC[Si](C)(C)C)nnc2c1CCCN2c1nc(C(=O)OCCCO[Si](C)(C)C(C)(C)C)cs1. The van der Waals surface area contributed by atoms with E-state index in [0.717, 1.165) is 64.0 Å². The lowest BCUT2D eigenvalue weighted by Gasteiger charge is -2.36. The molecule has 48 heavy (non-hydrogen) atoms. The number of nitrogens with zero attached hydrogens (tertiary/aromatic N) is 6. The second-order valence-corrected chi connectivity index (χ2v) is 27.3. The summed E-state index contributed by atoms with van der Waals surface area (Å²) in [7, 11) is -3.01. The average Bonchev–Trinajstić information content (AvgIpc) is 3.64. The van der Waals surface area contributed by atoms with E-state index in [1.54, 1.807) is 16.7 Å². The van der Waals surface area contributed by atoms with Gasteiger partial charge in [-0.25, -0.2) is 9.78 Å². The minimum atomic E-state index is -1.82. The van der Waals surface area contributed by atoms with Gasteiger partial charge < -0.3 is 18.8 Å². The zero-order chi connectivity index (χ0) is 34.7. The van der Waals surface area contributed by atoms with Crippen LogP contribution in [0, 0.1) is 6.92 Å². The molecular weight excluding hydrogens is 677 g/mol. The van der Waals surface area contributed by atoms with Crippen molar-refractivity contribution in [2.45, 2.75) is 97.5 Å². The predicted octanol–water partition coefficient (Wildman–Crippen LogP) is 8.46. The Bertz CT molecular complexity index is 1810. The number of carbonyl (C=O) groups excluding carboxylic acids is 1. The molecule has 1 aliphatic rings. The molecule has 1 aromatic carbocycles. The van der Waals surface area contributed by atoms with Gasteiger partial charge in [0.15, 0.2) is 35.6 Å². The van der Waals surface area contributed by atoms with Crippen LogP contribution in [0.4, 0.5) is 16.8 Å². The van der Waals surface area contributed by atoms with Crippen LogP contribution in [0.5, 0.6) is 0 Å². The molecule has 0 amide bonds. The molecule has 0 spiro atoms. The summed E-state index contributed by atoms with van der Waals surface area (Å²) in [4.78, 5) is 25.4. The molecule has 260 valence electrons. The first-order valence-electron chi connectivity index (χ1n) is 16.8. The van der Waals surface area contributed by atoms with Crippen molar-refractivity contribution in [3.8, 4) is 0 Å². The Balaban J connectivity index is 1.29. The number of ether oxygens (including phenoxy) is 2. The van der Waals surface area contributed by atoms with Crippen molar-refractivity contribution in [3.63, 3.8) is 0 Å². The number of fused-ring (bicyclic) bond motifs is 2. The highest BCUT2D eigenvalue weighted by Gasteiger charge is 2.37. The van der Waals surface area contributed by atoms with Crippen molar-refractivity contribution >= 4 is 72.0 Å². The summed E-state index contributed by atoms with van der Waals surface area (Å²) in [5.41, 5.74) is 3.52. The molecule has 5 rings (SSSR count). The van der Waals surface area contributed by atoms with Crippen LogP contribution in [0.25, 0.3) is 10.2 Å². The van der Waals surface area contributed by atoms with Gasteiger partial charge in [-0.05, 0) is 56.1 Å². The maximum atomic E-state index is 12.8. The number of hydrogen-bond acceptors (Lipinski definition) is 11. The van der Waals surface area contributed by atoms with Crippen LogP contribution in [0.3, 0.4) is 0 Å². The molecule has 0 fully saturated rings. The molecule has 0 saturated heterocycles. The molecule has 0 atom stereocenters. The van der Waals surface area contributed by atoms with Crippen LogP contribution < -0.4 is 9.70 Å². The first-order chi connectivity index (χ1) is 22.6. The molecule has 14 heteroatoms. The lowest BCUT2D eigenvalue weighted by Crippen LogP contribution is -2.41. The summed E-state index contributed by atoms with van der Waals surface area (Å²) in [6.07, 6.45) is 2.46. The van der Waals surface area contributed by atoms with E-state index in [2.05, 4.69) is 97.2 Å². The number of rotatable bonds is 13. The van der Waals surface area contributed by atoms with Gasteiger partial charge in [0, 0.05) is 50.8 Å². The second kappa shape index (κ2) is 15.0. The predicted molar refractivity (Wildman–Crippen MR) is 201 cm³/mol. The van der Waals surface area contributed by atoms with Crippen molar-refractivity contribution in [1.82, 2.24) is 19.7 Å². The number of thiazole rings is 2. The highest BCUT2D eigenvalue weighted by molar-refractivity contribution is 7.16. The highest BCUT2D eigenvalue weighted by atomic mass is 32.1. The Morgan fingerprint density at radius 3 is 2.58 bits per heavy atom. The minimum Gasteiger partial charge on any atom is -0.461 e. The fourth-order valence-electron chi connectivity index (χ4n) is 5.04. The normalized spacial score (nSPS) is 14.5. The van der Waals surface area contributed by atoms with Gasteiger partial charge in [0.1, 0.15) is 6.73 Å². The monoisotopic (exact) mass is 726 g/mol. The zero-order valence-corrected chi connectivity index (χ0v) is 33.5. The van der Waals surface area contributed by atoms with Crippen molar-refractivity contribution in [3.05, 3.63) is 51.3 Å². The number of aromatic nitrogens is 4. The van der Waals surface area contributed by atoms with E-state index in [9.17, 15) is 4.79 Å². The Kier molecular flexibility index (Phi) is 11.4. The van der Waals surface area contributed by atoms with Crippen molar-refractivity contribution in [1.29, 1.82) is 0 Å². The summed E-state index contributed by atoms with van der Waals surface area (Å²) in [6, 6.07) is 9.43. The highest BCUT2D eigenvalue weighted by Crippen LogP contribution is 2.38. The van der Waals surface area contributed by atoms with Crippen LogP contribution in [0.15, 0.2) is 34.6 Å². The second-order valence-electron chi connectivity index (χ2n) is 15.1. The van der Waals surface area contributed by atoms with Gasteiger partial charge in [0.05, 0.1) is 16.8 Å². The minimum absolute atomic E-state index is 0.150. The molecular formula is C34H50N6O4S2Si2. The molecule has 0 saturated carbocycles. The third-order valence-electron chi connectivity index (χ3n) is 9.09. The van der Waals surface area contributed by atoms with E-state index in [-0.39, 0.29) is 5.04 Å². The standard InChI is InChI=1S/C34H50N6O4S2Si2/c1-24-25-14-12-17-39(32-35-26(22-45-32)31(41)43-18-13-19-44-48(8,9)34(2,3)4)30(25)38-37-29(24)36-33-40(23-42-20-21-47(5,6)7)27-15-10-11-16-28(27)46-33/h10-11,15-16,22H,12-14,17-21,23H2,1-9H3. The van der Waals surface area contributed by atoms with E-state index in [1.165, 1.54) is 11.3 Å². The van der Waals surface area contributed by atoms with Crippen LogP contribution in [0.2, 0.25) is 43.8 Å². The summed E-state index contributed by atoms with van der Waals surface area (Å²) in [5, 5.41) is 11.9. The summed E-state index contributed by atoms with van der Waals surface area (Å²) in [6.45, 7) is 23.1. The van der Waals surface area contributed by atoms with E-state index < -0.39 is 22.4 Å². The molecule has 0 bridgehead atoms. The quantitative estimate of drug-likeness (QED) is 0.0768. The third kappa shape index (κ3) is 8.69. The van der Waals surface area contributed by atoms with Crippen molar-refractivity contribution in [2.24, 2.45) is 4.99 Å². The summed E-state index contributed by atoms with van der Waals surface area (Å²) < 4.78 is 21.2. The van der Waals surface area contributed by atoms with Crippen molar-refractivity contribution in [2.75, 3.05) is 31.3 Å². The molecule has 3 aromatic heterocycles. The summed E-state index contributed by atoms with van der Waals surface area (Å²) >= 11 is 3.05. The largest absolute Gasteiger partial charge is 0.461 e.